The molecule has 9 nitrogen and oxygen atoms in total. The average molecular weight is 1060 g/mol. The van der Waals surface area contributed by atoms with Crippen molar-refractivity contribution in [3.63, 3.8) is 0 Å². The number of hydrogen-bond acceptors (Lipinski definition) is 7. The summed E-state index contributed by atoms with van der Waals surface area (Å²) in [5.41, 5.74) is 5.94. The van der Waals surface area contributed by atoms with Gasteiger partial charge in [0.05, 0.1) is 19.5 Å². The van der Waals surface area contributed by atoms with Gasteiger partial charge in [0, 0.05) is 33.6 Å². The van der Waals surface area contributed by atoms with Crippen LogP contribution in [-0.2, 0) is 22.9 Å². The minimum Gasteiger partial charge on any atom is -0.871 e. The largest absolute Gasteiger partial charge is 0.871 e. The van der Waals surface area contributed by atoms with Gasteiger partial charge in [-0.25, -0.2) is 0 Å². The number of ether oxygens (including phenoxy) is 2. The van der Waals surface area contributed by atoms with E-state index in [4.69, 9.17) is 23.8 Å². The van der Waals surface area contributed by atoms with Crippen LogP contribution >= 0.6 is 0 Å². The van der Waals surface area contributed by atoms with E-state index < -0.39 is 7.32 Å². The van der Waals surface area contributed by atoms with E-state index in [9.17, 15) is 10.0 Å². The van der Waals surface area contributed by atoms with E-state index in [1.165, 1.54) is 131 Å². The summed E-state index contributed by atoms with van der Waals surface area (Å²) in [5, 5.41) is 21.4. The Morgan fingerprint density at radius 1 is 0.385 bits per heavy atom. The number of nitrogens with zero attached hydrogens (tertiary/aromatic N) is 2. The number of hydrogen-bond donors (Lipinski definition) is 0. The summed E-state index contributed by atoms with van der Waals surface area (Å²) < 4.78 is 19.9. The summed E-state index contributed by atoms with van der Waals surface area (Å²) in [6.45, 7) is 9.82. The molecule has 0 saturated heterocycles. The minimum absolute atomic E-state index is 0.159. The highest BCUT2D eigenvalue weighted by Gasteiger charge is 2.35. The number of rotatable bonds is 34. The van der Waals surface area contributed by atoms with Crippen LogP contribution in [-0.4, -0.2) is 27.1 Å². The second kappa shape index (κ2) is 38.2. The van der Waals surface area contributed by atoms with Crippen molar-refractivity contribution in [3.05, 3.63) is 216 Å². The van der Waals surface area contributed by atoms with E-state index in [-0.39, 0.29) is 12.0 Å². The molecule has 5 aromatic carbocycles. The molecule has 2 aromatic heterocycles. The Bertz CT molecular complexity index is 2360. The van der Waals surface area contributed by atoms with Crippen LogP contribution in [0.1, 0.15) is 171 Å². The molecular weight excluding hydrogens is 968 g/mol. The zero-order chi connectivity index (χ0) is 55.1. The molecule has 416 valence electrons. The molecule has 0 amide bonds. The van der Waals surface area contributed by atoms with Crippen molar-refractivity contribution >= 4 is 7.32 Å². The number of benzene rings is 5. The van der Waals surface area contributed by atoms with E-state index in [0.29, 0.717) is 31.4 Å². The van der Waals surface area contributed by atoms with Crippen LogP contribution in [0.15, 0.2) is 188 Å². The van der Waals surface area contributed by atoms with Crippen LogP contribution < -0.4 is 38.7 Å². The lowest BCUT2D eigenvalue weighted by Crippen LogP contribution is -2.48. The first-order valence-corrected chi connectivity index (χ1v) is 29.3. The average Bonchev–Trinajstić information content (AvgIpc) is 3.47. The van der Waals surface area contributed by atoms with Gasteiger partial charge in [0.15, 0.2) is 13.2 Å². The van der Waals surface area contributed by atoms with Gasteiger partial charge in [0.1, 0.15) is 11.5 Å². The number of pyridine rings is 2. The van der Waals surface area contributed by atoms with Crippen molar-refractivity contribution < 1.29 is 43.3 Å². The first-order chi connectivity index (χ1) is 38.4. The van der Waals surface area contributed by atoms with Crippen LogP contribution in [0.4, 0.5) is 0 Å². The molecular formula is C68H89BN2O7. The topological polar surface area (TPSA) is 100 Å². The molecule has 0 unspecified atom stereocenters. The maximum absolute atomic E-state index is 10.7. The highest BCUT2D eigenvalue weighted by Crippen LogP contribution is 2.43. The molecule has 78 heavy (non-hydrogen) atoms. The molecule has 0 fully saturated rings. The smallest absolute Gasteiger partial charge is 0.422 e. The van der Waals surface area contributed by atoms with Crippen molar-refractivity contribution in [1.82, 2.24) is 0 Å². The summed E-state index contributed by atoms with van der Waals surface area (Å²) in [4.78, 5) is 11.1. The summed E-state index contributed by atoms with van der Waals surface area (Å²) >= 11 is 0. The van der Waals surface area contributed by atoms with Gasteiger partial charge < -0.3 is 24.2 Å². The van der Waals surface area contributed by atoms with E-state index in [1.54, 1.807) is 9.46 Å². The molecule has 0 atom stereocenters. The molecule has 7 rings (SSSR count). The van der Waals surface area contributed by atoms with Gasteiger partial charge >= 0.3 is 11.8 Å². The summed E-state index contributed by atoms with van der Waals surface area (Å²) in [5.74, 6) is 3.05. The summed E-state index contributed by atoms with van der Waals surface area (Å²) in [6, 6.07) is 59.5. The lowest BCUT2D eigenvalue weighted by atomic mass is 9.67. The molecule has 2 heterocycles. The SMILES string of the molecule is CCCCCCCCCCc1ccc(Oc2cccc[n+]2OCC)cc1.CCCCCCCCCCc1ccc(Oc2cccc[n+]2OCC)cc1.[O-]B([O-])OCCCC(c1ccccc1)(c1ccccc1)c1ccccc1. The monoisotopic (exact) mass is 1060 g/mol. The zero-order valence-corrected chi connectivity index (χ0v) is 47.5. The van der Waals surface area contributed by atoms with Crippen LogP contribution in [0.5, 0.6) is 23.3 Å². The Morgan fingerprint density at radius 2 is 0.731 bits per heavy atom. The molecule has 0 aliphatic rings. The molecule has 10 heteroatoms. The summed E-state index contributed by atoms with van der Waals surface area (Å²) in [7, 11) is -2.23. The standard InChI is InChI=1S/2C23H34NO2.C22H21BO3/c2*1-3-5-6-7-8-9-10-11-14-21-16-18-22(19-17-21)26-23-15-12-13-20-24(23)25-4-2;24-23(25)26-18-10-17-22(19-11-4-1-5-12-19,20-13-6-2-7-14-20)21-15-8-3-9-16-21/h2*12-13,15-20H,3-11,14H2,1-2H3;1-9,11-16H,10,17-18H2/q2*+1;-2. The number of aryl methyl sites for hydroxylation is 2. The van der Waals surface area contributed by atoms with Crippen LogP contribution in [0, 0.1) is 0 Å². The van der Waals surface area contributed by atoms with E-state index in [1.807, 2.05) is 142 Å². The maximum atomic E-state index is 10.7. The van der Waals surface area contributed by atoms with Crippen LogP contribution in [0.3, 0.4) is 0 Å². The maximum Gasteiger partial charge on any atom is 0.422 e. The molecule has 7 aromatic rings. The number of aromatic nitrogens is 2. The fourth-order valence-electron chi connectivity index (χ4n) is 9.71. The third-order valence-corrected chi connectivity index (χ3v) is 13.8. The van der Waals surface area contributed by atoms with Gasteiger partial charge in [0.25, 0.3) is 0 Å². The Balaban J connectivity index is 0.000000216. The third-order valence-electron chi connectivity index (χ3n) is 13.8. The lowest BCUT2D eigenvalue weighted by Gasteiger charge is -2.37. The van der Waals surface area contributed by atoms with Gasteiger partial charge in [-0.1, -0.05) is 219 Å². The van der Waals surface area contributed by atoms with Crippen LogP contribution in [0.2, 0.25) is 0 Å². The van der Waals surface area contributed by atoms with Crippen molar-refractivity contribution in [3.8, 4) is 23.3 Å². The van der Waals surface area contributed by atoms with Gasteiger partial charge in [-0.05, 0) is 117 Å². The Morgan fingerprint density at radius 3 is 1.08 bits per heavy atom. The van der Waals surface area contributed by atoms with Gasteiger partial charge in [-0.15, -0.1) is 0 Å². The van der Waals surface area contributed by atoms with Gasteiger partial charge in [-0.2, -0.15) is 0 Å². The first-order valence-electron chi connectivity index (χ1n) is 29.3. The predicted molar refractivity (Wildman–Crippen MR) is 313 cm³/mol. The molecule has 0 spiro atoms. The zero-order valence-electron chi connectivity index (χ0n) is 47.5. The minimum atomic E-state index is -2.23. The fourth-order valence-corrected chi connectivity index (χ4v) is 9.71. The molecule has 0 saturated carbocycles. The van der Waals surface area contributed by atoms with Crippen molar-refractivity contribution in [2.75, 3.05) is 19.8 Å². The van der Waals surface area contributed by atoms with Crippen molar-refractivity contribution in [1.29, 1.82) is 0 Å². The predicted octanol–water partition coefficient (Wildman–Crippen LogP) is 14.3. The van der Waals surface area contributed by atoms with E-state index in [2.05, 4.69) is 74.5 Å². The molecule has 0 N–H and O–H groups in total. The quantitative estimate of drug-likeness (QED) is 0.0171. The Hall–Kier alpha value is -6.46. The number of unbranched alkanes of at least 4 members (excludes halogenated alkanes) is 14. The van der Waals surface area contributed by atoms with Gasteiger partial charge in [0.2, 0.25) is 12.4 Å². The fraction of sp³-hybridized carbons (Fsp3) is 0.412. The first kappa shape index (κ1) is 62.4. The van der Waals surface area contributed by atoms with Crippen molar-refractivity contribution in [2.24, 2.45) is 0 Å². The highest BCUT2D eigenvalue weighted by atomic mass is 16.7. The second-order valence-electron chi connectivity index (χ2n) is 19.8. The summed E-state index contributed by atoms with van der Waals surface area (Å²) in [6.07, 6.45) is 29.2. The van der Waals surface area contributed by atoms with Gasteiger partial charge in [-0.3, -0.25) is 9.68 Å². The molecule has 0 bridgehead atoms. The molecule has 0 aliphatic heterocycles. The van der Waals surface area contributed by atoms with Crippen molar-refractivity contribution in [2.45, 2.75) is 162 Å². The lowest BCUT2D eigenvalue weighted by molar-refractivity contribution is -0.892. The molecule has 0 aliphatic carbocycles. The molecule has 0 radical (unpaired) electrons. The highest BCUT2D eigenvalue weighted by molar-refractivity contribution is 6.28. The second-order valence-corrected chi connectivity index (χ2v) is 19.8. The Kier molecular flexibility index (Phi) is 30.5. The normalized spacial score (nSPS) is 10.9. The van der Waals surface area contributed by atoms with E-state index >= 15 is 0 Å². The van der Waals surface area contributed by atoms with E-state index in [0.717, 1.165) is 30.8 Å². The van der Waals surface area contributed by atoms with Crippen LogP contribution in [0.25, 0.3) is 0 Å². The third kappa shape index (κ3) is 22.9. The Labute approximate surface area is 469 Å².